The van der Waals surface area contributed by atoms with Crippen LogP contribution in [0.25, 0.3) is 0 Å². The third-order valence-corrected chi connectivity index (χ3v) is 5.32. The van der Waals surface area contributed by atoms with Gasteiger partial charge in [0.1, 0.15) is 6.61 Å². The molecule has 0 N–H and O–H groups in total. The summed E-state index contributed by atoms with van der Waals surface area (Å²) >= 11 is 1.57. The maximum Gasteiger partial charge on any atom is 0.309 e. The zero-order valence-corrected chi connectivity index (χ0v) is 16.6. The van der Waals surface area contributed by atoms with Gasteiger partial charge in [-0.1, -0.05) is 13.0 Å². The van der Waals surface area contributed by atoms with Gasteiger partial charge in [0.2, 0.25) is 0 Å². The lowest BCUT2D eigenvalue weighted by molar-refractivity contribution is -0.147. The van der Waals surface area contributed by atoms with Crippen molar-refractivity contribution in [1.29, 1.82) is 0 Å². The normalized spacial score (nSPS) is 15.8. The minimum Gasteiger partial charge on any atom is -0.464 e. The summed E-state index contributed by atoms with van der Waals surface area (Å²) in [5, 5.41) is 0. The predicted octanol–water partition coefficient (Wildman–Crippen LogP) is 1.99. The molecule has 0 spiro atoms. The van der Waals surface area contributed by atoms with E-state index in [-0.39, 0.29) is 17.8 Å². The molecule has 1 aromatic carbocycles. The van der Waals surface area contributed by atoms with Crippen molar-refractivity contribution in [3.63, 3.8) is 0 Å². The summed E-state index contributed by atoms with van der Waals surface area (Å²) in [6, 6.07) is 7.58. The van der Waals surface area contributed by atoms with E-state index in [1.165, 1.54) is 0 Å². The lowest BCUT2D eigenvalue weighted by atomic mass is 10.2. The van der Waals surface area contributed by atoms with E-state index >= 15 is 0 Å². The topological polar surface area (TPSA) is 59.1 Å². The Hall–Kier alpha value is -1.57. The first-order chi connectivity index (χ1) is 12.5. The number of ether oxygens (including phenoxy) is 2. The summed E-state index contributed by atoms with van der Waals surface area (Å²) in [6.45, 7) is 5.44. The monoisotopic (exact) mass is 380 g/mol. The standard InChI is InChI=1S/C19H28N2O4S/c1-15(19(23)25-12-7-20(2)3)14-26-17-6-4-5-16(13-17)18(22)21-8-10-24-11-9-21/h4-6,13,15H,7-12,14H2,1-3H3. The molecule has 1 aliphatic heterocycles. The Labute approximate surface area is 159 Å². The fourth-order valence-electron chi connectivity index (χ4n) is 2.43. The van der Waals surface area contributed by atoms with Gasteiger partial charge in [-0.25, -0.2) is 0 Å². The lowest BCUT2D eigenvalue weighted by Gasteiger charge is -2.27. The maximum absolute atomic E-state index is 12.6. The fourth-order valence-corrected chi connectivity index (χ4v) is 3.39. The first-order valence-electron chi connectivity index (χ1n) is 8.88. The van der Waals surface area contributed by atoms with Crippen LogP contribution in [0.4, 0.5) is 0 Å². The van der Waals surface area contributed by atoms with Crippen molar-refractivity contribution in [2.24, 2.45) is 5.92 Å². The molecule has 1 aliphatic rings. The van der Waals surface area contributed by atoms with Crippen LogP contribution in [-0.4, -0.2) is 81.0 Å². The number of amides is 1. The molecule has 1 heterocycles. The average molecular weight is 381 g/mol. The smallest absolute Gasteiger partial charge is 0.309 e. The minimum absolute atomic E-state index is 0.0342. The maximum atomic E-state index is 12.6. The van der Waals surface area contributed by atoms with Crippen molar-refractivity contribution in [2.45, 2.75) is 11.8 Å². The number of nitrogens with zero attached hydrogens (tertiary/aromatic N) is 2. The highest BCUT2D eigenvalue weighted by atomic mass is 32.2. The van der Waals surface area contributed by atoms with Crippen molar-refractivity contribution in [3.8, 4) is 0 Å². The third-order valence-electron chi connectivity index (χ3n) is 4.06. The molecule has 1 aromatic rings. The molecule has 1 unspecified atom stereocenters. The van der Waals surface area contributed by atoms with Gasteiger partial charge >= 0.3 is 5.97 Å². The van der Waals surface area contributed by atoms with Crippen LogP contribution in [0.2, 0.25) is 0 Å². The van der Waals surface area contributed by atoms with Gasteiger partial charge in [-0.2, -0.15) is 0 Å². The van der Waals surface area contributed by atoms with Crippen LogP contribution >= 0.6 is 11.8 Å². The number of thioether (sulfide) groups is 1. The number of esters is 1. The van der Waals surface area contributed by atoms with E-state index < -0.39 is 0 Å². The predicted molar refractivity (Wildman–Crippen MR) is 103 cm³/mol. The zero-order chi connectivity index (χ0) is 18.9. The Balaban J connectivity index is 1.84. The van der Waals surface area contributed by atoms with Crippen LogP contribution in [-0.2, 0) is 14.3 Å². The van der Waals surface area contributed by atoms with E-state index in [0.717, 1.165) is 11.4 Å². The number of rotatable bonds is 8. The van der Waals surface area contributed by atoms with Crippen molar-refractivity contribution in [1.82, 2.24) is 9.80 Å². The van der Waals surface area contributed by atoms with Gasteiger partial charge in [-0.05, 0) is 32.3 Å². The highest BCUT2D eigenvalue weighted by molar-refractivity contribution is 7.99. The molecule has 1 saturated heterocycles. The van der Waals surface area contributed by atoms with E-state index in [4.69, 9.17) is 9.47 Å². The summed E-state index contributed by atoms with van der Waals surface area (Å²) in [6.07, 6.45) is 0. The van der Waals surface area contributed by atoms with Gasteiger partial charge in [-0.15, -0.1) is 11.8 Å². The zero-order valence-electron chi connectivity index (χ0n) is 15.8. The second kappa shape index (κ2) is 10.5. The summed E-state index contributed by atoms with van der Waals surface area (Å²) in [4.78, 5) is 29.3. The summed E-state index contributed by atoms with van der Waals surface area (Å²) in [5.41, 5.74) is 0.679. The largest absolute Gasteiger partial charge is 0.464 e. The number of carbonyl (C=O) groups excluding carboxylic acids is 2. The van der Waals surface area contributed by atoms with Crippen LogP contribution in [0.5, 0.6) is 0 Å². The molecule has 0 radical (unpaired) electrons. The molecule has 1 fully saturated rings. The molecular weight excluding hydrogens is 352 g/mol. The number of hydrogen-bond acceptors (Lipinski definition) is 6. The van der Waals surface area contributed by atoms with E-state index in [1.807, 2.05) is 55.1 Å². The van der Waals surface area contributed by atoms with Crippen molar-refractivity contribution < 1.29 is 19.1 Å². The van der Waals surface area contributed by atoms with E-state index in [1.54, 1.807) is 11.8 Å². The number of likely N-dealkylation sites (N-methyl/N-ethyl adjacent to an activating group) is 1. The van der Waals surface area contributed by atoms with Crippen LogP contribution in [0, 0.1) is 5.92 Å². The quantitative estimate of drug-likeness (QED) is 0.508. The summed E-state index contributed by atoms with van der Waals surface area (Å²) < 4.78 is 10.6. The molecule has 0 saturated carbocycles. The van der Waals surface area contributed by atoms with Gasteiger partial charge in [0.15, 0.2) is 0 Å². The van der Waals surface area contributed by atoms with Gasteiger partial charge in [-0.3, -0.25) is 9.59 Å². The van der Waals surface area contributed by atoms with E-state index in [2.05, 4.69) is 0 Å². The molecule has 26 heavy (non-hydrogen) atoms. The Bertz CT molecular complexity index is 603. The molecule has 6 nitrogen and oxygen atoms in total. The second-order valence-electron chi connectivity index (χ2n) is 6.62. The van der Waals surface area contributed by atoms with Crippen LogP contribution in [0.15, 0.2) is 29.2 Å². The molecule has 0 aromatic heterocycles. The Morgan fingerprint density at radius 2 is 2.04 bits per heavy atom. The van der Waals surface area contributed by atoms with E-state index in [9.17, 15) is 9.59 Å². The Morgan fingerprint density at radius 1 is 1.31 bits per heavy atom. The van der Waals surface area contributed by atoms with Gasteiger partial charge < -0.3 is 19.3 Å². The minimum atomic E-state index is -0.194. The molecule has 1 atom stereocenters. The van der Waals surface area contributed by atoms with Gasteiger partial charge in [0.25, 0.3) is 5.91 Å². The van der Waals surface area contributed by atoms with Crippen molar-refractivity contribution in [3.05, 3.63) is 29.8 Å². The van der Waals surface area contributed by atoms with Crippen LogP contribution in [0.3, 0.4) is 0 Å². The molecule has 7 heteroatoms. The van der Waals surface area contributed by atoms with Gasteiger partial charge in [0.05, 0.1) is 19.1 Å². The van der Waals surface area contributed by atoms with Crippen LogP contribution in [0.1, 0.15) is 17.3 Å². The second-order valence-corrected chi connectivity index (χ2v) is 7.71. The highest BCUT2D eigenvalue weighted by Gasteiger charge is 2.19. The molecule has 0 bridgehead atoms. The first-order valence-corrected chi connectivity index (χ1v) is 9.87. The Morgan fingerprint density at radius 3 is 2.73 bits per heavy atom. The number of morpholine rings is 1. The van der Waals surface area contributed by atoms with Crippen molar-refractivity contribution >= 4 is 23.6 Å². The SMILES string of the molecule is CC(CSc1cccc(C(=O)N2CCOCC2)c1)C(=O)OCCN(C)C. The van der Waals surface area contributed by atoms with Crippen molar-refractivity contribution in [2.75, 3.05) is 59.3 Å². The molecule has 0 aliphatic carbocycles. The number of carbonyl (C=O) groups is 2. The lowest BCUT2D eigenvalue weighted by Crippen LogP contribution is -2.40. The van der Waals surface area contributed by atoms with Gasteiger partial charge in [0, 0.05) is 35.8 Å². The molecule has 144 valence electrons. The van der Waals surface area contributed by atoms with Crippen LogP contribution < -0.4 is 0 Å². The summed E-state index contributed by atoms with van der Waals surface area (Å²) in [7, 11) is 3.89. The molecule has 1 amide bonds. The average Bonchev–Trinajstić information content (AvgIpc) is 2.66. The van der Waals surface area contributed by atoms with E-state index in [0.29, 0.717) is 44.2 Å². The molecule has 2 rings (SSSR count). The highest BCUT2D eigenvalue weighted by Crippen LogP contribution is 2.23. The molecular formula is C19H28N2O4S. The first kappa shape index (κ1) is 20.7. The number of hydrogen-bond donors (Lipinski definition) is 0. The number of benzene rings is 1. The third kappa shape index (κ3) is 6.63. The Kier molecular flexibility index (Phi) is 8.41. The summed E-state index contributed by atoms with van der Waals surface area (Å²) in [5.74, 6) is 0.281. The fraction of sp³-hybridized carbons (Fsp3) is 0.579.